The topological polar surface area (TPSA) is 18.5 Å². The number of halogens is 2. The van der Waals surface area contributed by atoms with Crippen LogP contribution in [0.25, 0.3) is 5.57 Å². The zero-order chi connectivity index (χ0) is 16.7. The first-order valence-electron chi connectivity index (χ1n) is 8.23. The molecule has 24 heavy (non-hydrogen) atoms. The number of ether oxygens (including phenoxy) is 2. The van der Waals surface area contributed by atoms with Gasteiger partial charge in [-0.1, -0.05) is 29.8 Å². The molecule has 0 fully saturated rings. The average Bonchev–Trinajstić information content (AvgIpc) is 2.92. The molecule has 1 atom stereocenters. The molecule has 0 radical (unpaired) electrons. The van der Waals surface area contributed by atoms with Crippen molar-refractivity contribution in [1.82, 2.24) is 0 Å². The molecular weight excluding hydrogens is 327 g/mol. The van der Waals surface area contributed by atoms with Crippen molar-refractivity contribution < 1.29 is 13.9 Å². The van der Waals surface area contributed by atoms with Crippen LogP contribution in [0, 0.1) is 5.82 Å². The fraction of sp³-hybridized carbons (Fsp3) is 0.300. The standard InChI is InChI=1S/C20H18ClFO2/c1-20(16-11-10-14(21)12-17(16)22)23-18-9-5-8-15(19(18)24-20)13-6-3-2-4-7-13/h5-6,8-12H,2-4,7H2,1H3. The van der Waals surface area contributed by atoms with Crippen LogP contribution in [0.3, 0.4) is 0 Å². The van der Waals surface area contributed by atoms with Gasteiger partial charge in [-0.25, -0.2) is 4.39 Å². The summed E-state index contributed by atoms with van der Waals surface area (Å²) in [5.74, 6) is -0.280. The largest absolute Gasteiger partial charge is 0.444 e. The summed E-state index contributed by atoms with van der Waals surface area (Å²) >= 11 is 5.86. The van der Waals surface area contributed by atoms with Crippen LogP contribution in [-0.4, -0.2) is 0 Å². The summed E-state index contributed by atoms with van der Waals surface area (Å²) in [5, 5.41) is 0.350. The van der Waals surface area contributed by atoms with E-state index in [2.05, 4.69) is 6.08 Å². The van der Waals surface area contributed by atoms with Crippen molar-refractivity contribution in [3.8, 4) is 11.5 Å². The molecule has 2 aromatic rings. The normalized spacial score (nSPS) is 22.4. The van der Waals surface area contributed by atoms with E-state index in [1.54, 1.807) is 19.1 Å². The minimum Gasteiger partial charge on any atom is -0.444 e. The van der Waals surface area contributed by atoms with Crippen LogP contribution in [0.15, 0.2) is 42.5 Å². The van der Waals surface area contributed by atoms with Gasteiger partial charge in [-0.15, -0.1) is 0 Å². The van der Waals surface area contributed by atoms with E-state index >= 15 is 0 Å². The Balaban J connectivity index is 1.75. The molecule has 2 nitrogen and oxygen atoms in total. The first kappa shape index (κ1) is 15.5. The molecule has 2 aromatic carbocycles. The molecule has 1 unspecified atom stereocenters. The van der Waals surface area contributed by atoms with E-state index in [9.17, 15) is 4.39 Å². The van der Waals surface area contributed by atoms with E-state index < -0.39 is 11.6 Å². The minimum atomic E-state index is -1.19. The third-order valence-corrected chi connectivity index (χ3v) is 4.87. The van der Waals surface area contributed by atoms with Gasteiger partial charge in [0.05, 0.1) is 5.56 Å². The van der Waals surface area contributed by atoms with Gasteiger partial charge in [0, 0.05) is 17.5 Å². The highest BCUT2D eigenvalue weighted by Gasteiger charge is 2.42. The van der Waals surface area contributed by atoms with Crippen molar-refractivity contribution in [2.45, 2.75) is 38.4 Å². The van der Waals surface area contributed by atoms with Crippen molar-refractivity contribution in [2.75, 3.05) is 0 Å². The maximum atomic E-state index is 14.4. The summed E-state index contributed by atoms with van der Waals surface area (Å²) in [5.41, 5.74) is 2.67. The molecule has 124 valence electrons. The molecule has 0 saturated carbocycles. The smallest absolute Gasteiger partial charge is 0.278 e. The molecule has 0 bridgehead atoms. The predicted octanol–water partition coefficient (Wildman–Crippen LogP) is 6.08. The second kappa shape index (κ2) is 5.82. The molecule has 0 saturated heterocycles. The number of hydrogen-bond acceptors (Lipinski definition) is 2. The number of fused-ring (bicyclic) bond motifs is 1. The number of rotatable bonds is 2. The molecule has 1 heterocycles. The average molecular weight is 345 g/mol. The Bertz CT molecular complexity index is 830. The third kappa shape index (κ3) is 2.57. The van der Waals surface area contributed by atoms with Gasteiger partial charge < -0.3 is 9.47 Å². The fourth-order valence-corrected chi connectivity index (χ4v) is 3.59. The molecule has 1 aliphatic carbocycles. The Kier molecular flexibility index (Phi) is 3.76. The molecule has 4 heteroatoms. The number of allylic oxidation sites excluding steroid dienone is 2. The zero-order valence-electron chi connectivity index (χ0n) is 13.4. The van der Waals surface area contributed by atoms with Crippen molar-refractivity contribution in [1.29, 1.82) is 0 Å². The first-order valence-corrected chi connectivity index (χ1v) is 8.60. The highest BCUT2D eigenvalue weighted by molar-refractivity contribution is 6.30. The third-order valence-electron chi connectivity index (χ3n) is 4.64. The van der Waals surface area contributed by atoms with Crippen LogP contribution >= 0.6 is 11.6 Å². The molecule has 4 rings (SSSR count). The van der Waals surface area contributed by atoms with Gasteiger partial charge in [0.2, 0.25) is 0 Å². The second-order valence-corrected chi connectivity index (χ2v) is 6.82. The van der Waals surface area contributed by atoms with Crippen molar-refractivity contribution in [3.05, 3.63) is 64.4 Å². The Morgan fingerprint density at radius 3 is 2.75 bits per heavy atom. The van der Waals surface area contributed by atoms with Crippen molar-refractivity contribution in [3.63, 3.8) is 0 Å². The first-order chi connectivity index (χ1) is 11.6. The zero-order valence-corrected chi connectivity index (χ0v) is 14.2. The fourth-order valence-electron chi connectivity index (χ4n) is 3.43. The van der Waals surface area contributed by atoms with E-state index in [1.165, 1.54) is 24.5 Å². The molecule has 0 N–H and O–H groups in total. The van der Waals surface area contributed by atoms with Gasteiger partial charge in [0.1, 0.15) is 5.82 Å². The lowest BCUT2D eigenvalue weighted by Crippen LogP contribution is -2.32. The summed E-state index contributed by atoms with van der Waals surface area (Å²) in [6.07, 6.45) is 6.79. The Labute approximate surface area is 145 Å². The summed E-state index contributed by atoms with van der Waals surface area (Å²) in [4.78, 5) is 0. The molecule has 2 aliphatic rings. The predicted molar refractivity (Wildman–Crippen MR) is 92.9 cm³/mol. The lowest BCUT2D eigenvalue weighted by atomic mass is 9.93. The van der Waals surface area contributed by atoms with E-state index in [1.807, 2.05) is 18.2 Å². The van der Waals surface area contributed by atoms with E-state index in [0.29, 0.717) is 22.1 Å². The van der Waals surface area contributed by atoms with Crippen LogP contribution < -0.4 is 9.47 Å². The second-order valence-electron chi connectivity index (χ2n) is 6.38. The summed E-state index contributed by atoms with van der Waals surface area (Å²) in [6, 6.07) is 10.4. The van der Waals surface area contributed by atoms with Gasteiger partial charge in [-0.05, 0) is 55.5 Å². The molecule has 1 aliphatic heterocycles. The number of hydrogen-bond donors (Lipinski definition) is 0. The highest BCUT2D eigenvalue weighted by atomic mass is 35.5. The SMILES string of the molecule is CC1(c2ccc(Cl)cc2F)Oc2cccc(C3=CCCCC3)c2O1. The maximum Gasteiger partial charge on any atom is 0.278 e. The molecule has 0 spiro atoms. The van der Waals surface area contributed by atoms with Gasteiger partial charge >= 0.3 is 0 Å². The van der Waals surface area contributed by atoms with Crippen LogP contribution in [0.5, 0.6) is 11.5 Å². The highest BCUT2D eigenvalue weighted by Crippen LogP contribution is 2.49. The maximum absolute atomic E-state index is 14.4. The monoisotopic (exact) mass is 344 g/mol. The molecular formula is C20H18ClFO2. The Morgan fingerprint density at radius 1 is 1.12 bits per heavy atom. The summed E-state index contributed by atoms with van der Waals surface area (Å²) in [6.45, 7) is 1.73. The van der Waals surface area contributed by atoms with Crippen LogP contribution in [0.1, 0.15) is 43.7 Å². The number of para-hydroxylation sites is 1. The van der Waals surface area contributed by atoms with Crippen LogP contribution in [0.2, 0.25) is 5.02 Å². The number of benzene rings is 2. The van der Waals surface area contributed by atoms with Crippen molar-refractivity contribution >= 4 is 17.2 Å². The molecule has 0 aromatic heterocycles. The lowest BCUT2D eigenvalue weighted by Gasteiger charge is -2.24. The van der Waals surface area contributed by atoms with Crippen molar-refractivity contribution in [2.24, 2.45) is 0 Å². The molecule has 0 amide bonds. The summed E-state index contributed by atoms with van der Waals surface area (Å²) in [7, 11) is 0. The van der Waals surface area contributed by atoms with Crippen LogP contribution in [-0.2, 0) is 5.79 Å². The van der Waals surface area contributed by atoms with E-state index in [0.717, 1.165) is 18.4 Å². The van der Waals surface area contributed by atoms with Gasteiger partial charge in [0.15, 0.2) is 11.5 Å². The van der Waals surface area contributed by atoms with Crippen LogP contribution in [0.4, 0.5) is 4.39 Å². The van der Waals surface area contributed by atoms with Gasteiger partial charge in [-0.3, -0.25) is 0 Å². The van der Waals surface area contributed by atoms with E-state index in [4.69, 9.17) is 21.1 Å². The summed E-state index contributed by atoms with van der Waals surface area (Å²) < 4.78 is 26.5. The van der Waals surface area contributed by atoms with Gasteiger partial charge in [-0.2, -0.15) is 0 Å². The Hall–Kier alpha value is -2.00. The minimum absolute atomic E-state index is 0.340. The Morgan fingerprint density at radius 2 is 2.00 bits per heavy atom. The van der Waals surface area contributed by atoms with E-state index in [-0.39, 0.29) is 0 Å². The quantitative estimate of drug-likeness (QED) is 0.657. The lowest BCUT2D eigenvalue weighted by molar-refractivity contribution is -0.0708. The van der Waals surface area contributed by atoms with Gasteiger partial charge in [0.25, 0.3) is 5.79 Å².